The fraction of sp³-hybridized carbons (Fsp3) is 0.579. The molecular weight excluding hydrogens is 336 g/mol. The van der Waals surface area contributed by atoms with E-state index in [2.05, 4.69) is 20.8 Å². The molecule has 1 unspecified atom stereocenters. The van der Waals surface area contributed by atoms with Gasteiger partial charge in [0.2, 0.25) is 0 Å². The lowest BCUT2D eigenvalue weighted by Crippen LogP contribution is -2.26. The van der Waals surface area contributed by atoms with Crippen molar-refractivity contribution in [1.29, 1.82) is 10.7 Å². The number of carbonyl (C=O) groups is 2. The highest BCUT2D eigenvalue weighted by Crippen LogP contribution is 2.40. The molecule has 0 amide bonds. The van der Waals surface area contributed by atoms with Gasteiger partial charge in [0.1, 0.15) is 10.8 Å². The Morgan fingerprint density at radius 3 is 2.72 bits per heavy atom. The lowest BCUT2D eigenvalue weighted by atomic mass is 9.72. The number of esters is 1. The Hall–Kier alpha value is -2.00. The topological polar surface area (TPSA) is 91.0 Å². The first-order valence-corrected chi connectivity index (χ1v) is 9.21. The molecule has 134 valence electrons. The van der Waals surface area contributed by atoms with Crippen LogP contribution >= 0.6 is 11.3 Å². The van der Waals surface area contributed by atoms with Crippen LogP contribution in [0.25, 0.3) is 0 Å². The molecular formula is C19H24N2O3S. The number of Topliss-reactive ketones (excluding diaryl/α,β-unsaturated/α-hetero) is 1. The predicted molar refractivity (Wildman–Crippen MR) is 97.1 cm³/mol. The maximum absolute atomic E-state index is 12.2. The summed E-state index contributed by atoms with van der Waals surface area (Å²) in [5.74, 6) is -1.64. The van der Waals surface area contributed by atoms with Crippen LogP contribution < -0.4 is 0 Å². The van der Waals surface area contributed by atoms with E-state index in [4.69, 9.17) is 15.4 Å². The number of nitrogens with one attached hydrogen (secondary N) is 1. The van der Waals surface area contributed by atoms with Gasteiger partial charge in [0.05, 0.1) is 6.07 Å². The summed E-state index contributed by atoms with van der Waals surface area (Å²) >= 11 is 1.44. The molecule has 25 heavy (non-hydrogen) atoms. The predicted octanol–water partition coefficient (Wildman–Crippen LogP) is 3.80. The molecule has 0 saturated heterocycles. The molecule has 0 aliphatic heterocycles. The number of ether oxygens (including phenoxy) is 1. The number of fused-ring (bicyclic) bond motifs is 1. The lowest BCUT2D eigenvalue weighted by molar-refractivity contribution is -0.122. The largest absolute Gasteiger partial charge is 0.453 e. The van der Waals surface area contributed by atoms with Crippen LogP contribution in [0.5, 0.6) is 0 Å². The lowest BCUT2D eigenvalue weighted by Gasteiger charge is -2.33. The Kier molecular flexibility index (Phi) is 5.79. The number of thiophene rings is 1. The summed E-state index contributed by atoms with van der Waals surface area (Å²) in [5, 5.41) is 16.3. The fourth-order valence-corrected chi connectivity index (χ4v) is 4.17. The molecule has 0 bridgehead atoms. The van der Waals surface area contributed by atoms with E-state index in [1.807, 2.05) is 6.07 Å². The summed E-state index contributed by atoms with van der Waals surface area (Å²) in [6.45, 7) is 7.65. The molecule has 0 fully saturated rings. The summed E-state index contributed by atoms with van der Waals surface area (Å²) in [4.78, 5) is 25.8. The van der Waals surface area contributed by atoms with Gasteiger partial charge in [-0.25, -0.2) is 4.79 Å². The van der Waals surface area contributed by atoms with E-state index < -0.39 is 24.3 Å². The van der Waals surface area contributed by atoms with Crippen LogP contribution in [0.2, 0.25) is 0 Å². The summed E-state index contributed by atoms with van der Waals surface area (Å²) in [6.07, 6.45) is 3.05. The molecule has 0 saturated carbocycles. The monoisotopic (exact) mass is 360 g/mol. The summed E-state index contributed by atoms with van der Waals surface area (Å²) in [6, 6.07) is 3.64. The SMILES string of the molecule is CC(=N)C(C#N)C(=O)COC(=O)c1cc2c(s1)CC[C@H](C(C)(C)C)C2. The van der Waals surface area contributed by atoms with Crippen LogP contribution in [0, 0.1) is 34.0 Å². The zero-order valence-corrected chi connectivity index (χ0v) is 16.0. The normalized spacial score (nSPS) is 18.0. The van der Waals surface area contributed by atoms with E-state index in [-0.39, 0.29) is 11.1 Å². The average molecular weight is 360 g/mol. The molecule has 0 aromatic carbocycles. The highest BCUT2D eigenvalue weighted by atomic mass is 32.1. The first-order valence-electron chi connectivity index (χ1n) is 8.39. The van der Waals surface area contributed by atoms with Gasteiger partial charge in [-0.15, -0.1) is 11.3 Å². The maximum Gasteiger partial charge on any atom is 0.348 e. The van der Waals surface area contributed by atoms with Gasteiger partial charge in [-0.05, 0) is 49.1 Å². The van der Waals surface area contributed by atoms with Gasteiger partial charge in [-0.2, -0.15) is 5.26 Å². The third-order valence-electron chi connectivity index (χ3n) is 4.74. The molecule has 0 radical (unpaired) electrons. The molecule has 2 atom stereocenters. The Balaban J connectivity index is 2.01. The van der Waals surface area contributed by atoms with Crippen LogP contribution in [0.15, 0.2) is 6.07 Å². The van der Waals surface area contributed by atoms with E-state index in [9.17, 15) is 9.59 Å². The molecule has 6 heteroatoms. The van der Waals surface area contributed by atoms with Crippen LogP contribution in [-0.2, 0) is 22.4 Å². The molecule has 0 spiro atoms. The van der Waals surface area contributed by atoms with Gasteiger partial charge in [0.15, 0.2) is 12.4 Å². The van der Waals surface area contributed by atoms with Gasteiger partial charge in [0, 0.05) is 10.6 Å². The molecule has 1 aliphatic rings. The van der Waals surface area contributed by atoms with Crippen molar-refractivity contribution in [3.8, 4) is 6.07 Å². The van der Waals surface area contributed by atoms with Crippen molar-refractivity contribution in [2.45, 2.75) is 47.0 Å². The second kappa shape index (κ2) is 7.49. The van der Waals surface area contributed by atoms with Gasteiger partial charge in [-0.1, -0.05) is 20.8 Å². The van der Waals surface area contributed by atoms with E-state index in [1.165, 1.54) is 28.7 Å². The van der Waals surface area contributed by atoms with Crippen molar-refractivity contribution in [3.05, 3.63) is 21.4 Å². The van der Waals surface area contributed by atoms with Crippen molar-refractivity contribution in [3.63, 3.8) is 0 Å². The zero-order chi connectivity index (χ0) is 18.8. The molecule has 1 aliphatic carbocycles. The third-order valence-corrected chi connectivity index (χ3v) is 5.96. The molecule has 1 aromatic rings. The van der Waals surface area contributed by atoms with Crippen molar-refractivity contribution in [2.24, 2.45) is 17.3 Å². The second-order valence-corrected chi connectivity index (χ2v) is 8.79. The average Bonchev–Trinajstić information content (AvgIpc) is 2.95. The van der Waals surface area contributed by atoms with Gasteiger partial charge in [-0.3, -0.25) is 4.79 Å². The maximum atomic E-state index is 12.2. The van der Waals surface area contributed by atoms with E-state index >= 15 is 0 Å². The van der Waals surface area contributed by atoms with E-state index in [0.717, 1.165) is 19.3 Å². The minimum Gasteiger partial charge on any atom is -0.453 e. The van der Waals surface area contributed by atoms with Crippen molar-refractivity contribution < 1.29 is 14.3 Å². The summed E-state index contributed by atoms with van der Waals surface area (Å²) in [7, 11) is 0. The molecule has 1 aromatic heterocycles. The van der Waals surface area contributed by atoms with Crippen LogP contribution in [0.3, 0.4) is 0 Å². The first-order chi connectivity index (χ1) is 11.6. The minimum atomic E-state index is -1.14. The minimum absolute atomic E-state index is 0.0386. The van der Waals surface area contributed by atoms with E-state index in [0.29, 0.717) is 10.8 Å². The molecule has 5 nitrogen and oxygen atoms in total. The van der Waals surface area contributed by atoms with Gasteiger partial charge >= 0.3 is 5.97 Å². The zero-order valence-electron chi connectivity index (χ0n) is 15.1. The molecule has 1 heterocycles. The highest BCUT2D eigenvalue weighted by Gasteiger charge is 2.31. The number of carbonyl (C=O) groups excluding carboxylic acids is 2. The Labute approximate surface area is 152 Å². The number of aryl methyl sites for hydroxylation is 1. The summed E-state index contributed by atoms with van der Waals surface area (Å²) < 4.78 is 5.07. The number of ketones is 1. The molecule has 1 N–H and O–H groups in total. The number of nitrogens with zero attached hydrogens (tertiary/aromatic N) is 1. The number of hydrogen-bond acceptors (Lipinski definition) is 6. The number of rotatable bonds is 5. The highest BCUT2D eigenvalue weighted by molar-refractivity contribution is 7.14. The van der Waals surface area contributed by atoms with Gasteiger partial charge in [0.25, 0.3) is 0 Å². The Morgan fingerprint density at radius 2 is 2.16 bits per heavy atom. The second-order valence-electron chi connectivity index (χ2n) is 7.65. The number of nitriles is 1. The standard InChI is InChI=1S/C19H24N2O3S/c1-11(21)14(9-20)15(22)10-24-18(23)17-8-12-7-13(19(2,3)4)5-6-16(12)25-17/h8,13-14,21H,5-7,10H2,1-4H3/t13-,14?/m0/s1. The summed E-state index contributed by atoms with van der Waals surface area (Å²) in [5.41, 5.74) is 1.41. The van der Waals surface area contributed by atoms with Crippen molar-refractivity contribution in [2.75, 3.05) is 6.61 Å². The Morgan fingerprint density at radius 1 is 1.48 bits per heavy atom. The van der Waals surface area contributed by atoms with Gasteiger partial charge < -0.3 is 10.1 Å². The number of hydrogen-bond donors (Lipinski definition) is 1. The fourth-order valence-electron chi connectivity index (χ4n) is 3.06. The quantitative estimate of drug-likeness (QED) is 0.638. The van der Waals surface area contributed by atoms with E-state index in [1.54, 1.807) is 6.07 Å². The first kappa shape index (κ1) is 19.3. The Bertz CT molecular complexity index is 737. The molecule has 2 rings (SSSR count). The smallest absolute Gasteiger partial charge is 0.348 e. The van der Waals surface area contributed by atoms with Crippen LogP contribution in [0.4, 0.5) is 0 Å². The van der Waals surface area contributed by atoms with Crippen molar-refractivity contribution >= 4 is 28.8 Å². The van der Waals surface area contributed by atoms with Crippen LogP contribution in [-0.4, -0.2) is 24.1 Å². The van der Waals surface area contributed by atoms with Crippen LogP contribution in [0.1, 0.15) is 54.2 Å². The van der Waals surface area contributed by atoms with Crippen molar-refractivity contribution in [1.82, 2.24) is 0 Å². The third kappa shape index (κ3) is 4.55.